The molecule has 0 radical (unpaired) electrons. The molecule has 1 aromatic carbocycles. The zero-order chi connectivity index (χ0) is 17.1. The molecule has 126 valence electrons. The number of aromatic nitrogens is 4. The van der Waals surface area contributed by atoms with Gasteiger partial charge in [0.25, 0.3) is 0 Å². The molecule has 24 heavy (non-hydrogen) atoms. The van der Waals surface area contributed by atoms with E-state index in [4.69, 9.17) is 0 Å². The predicted molar refractivity (Wildman–Crippen MR) is 94.8 cm³/mol. The first-order chi connectivity index (χ1) is 11.6. The van der Waals surface area contributed by atoms with E-state index in [1.165, 1.54) is 11.3 Å². The Morgan fingerprint density at radius 2 is 2.00 bits per heavy atom. The van der Waals surface area contributed by atoms with E-state index in [9.17, 15) is 4.79 Å². The van der Waals surface area contributed by atoms with Gasteiger partial charge in [0.1, 0.15) is 5.01 Å². The maximum absolute atomic E-state index is 11.7. The van der Waals surface area contributed by atoms with E-state index in [0.717, 1.165) is 33.3 Å². The summed E-state index contributed by atoms with van der Waals surface area (Å²) in [6, 6.07) is 8.10. The van der Waals surface area contributed by atoms with Crippen LogP contribution in [0.4, 0.5) is 0 Å². The Kier molecular flexibility index (Phi) is 4.89. The van der Waals surface area contributed by atoms with Gasteiger partial charge in [0, 0.05) is 24.9 Å². The van der Waals surface area contributed by atoms with Crippen LogP contribution < -0.4 is 5.32 Å². The molecule has 0 saturated carbocycles. The van der Waals surface area contributed by atoms with E-state index < -0.39 is 0 Å². The molecule has 0 aliphatic carbocycles. The van der Waals surface area contributed by atoms with Crippen molar-refractivity contribution in [2.45, 2.75) is 40.2 Å². The highest BCUT2D eigenvalue weighted by atomic mass is 32.1. The van der Waals surface area contributed by atoms with Crippen molar-refractivity contribution in [3.8, 4) is 10.6 Å². The first kappa shape index (κ1) is 16.6. The number of nitrogens with zero attached hydrogens (tertiary/aromatic N) is 4. The average Bonchev–Trinajstić information content (AvgIpc) is 3.13. The number of carbonyl (C=O) groups is 1. The molecule has 7 heteroatoms. The monoisotopic (exact) mass is 343 g/mol. The van der Waals surface area contributed by atoms with Gasteiger partial charge in [0.2, 0.25) is 10.9 Å². The molecule has 1 N–H and O–H groups in total. The zero-order valence-electron chi connectivity index (χ0n) is 14.1. The maximum Gasteiger partial charge on any atom is 0.234 e. The summed E-state index contributed by atoms with van der Waals surface area (Å²) >= 11 is 1.53. The second kappa shape index (κ2) is 7.09. The van der Waals surface area contributed by atoms with Crippen LogP contribution >= 0.6 is 11.3 Å². The first-order valence-corrected chi connectivity index (χ1v) is 8.95. The smallest absolute Gasteiger partial charge is 0.234 e. The van der Waals surface area contributed by atoms with Gasteiger partial charge in [0.15, 0.2) is 5.82 Å². The van der Waals surface area contributed by atoms with Gasteiger partial charge in [0.05, 0.1) is 0 Å². The van der Waals surface area contributed by atoms with Crippen LogP contribution in [0.5, 0.6) is 0 Å². The van der Waals surface area contributed by atoms with Crippen LogP contribution in [0, 0.1) is 5.92 Å². The van der Waals surface area contributed by atoms with Crippen molar-refractivity contribution in [3.05, 3.63) is 35.7 Å². The van der Waals surface area contributed by atoms with Crippen molar-refractivity contribution in [1.29, 1.82) is 0 Å². The minimum atomic E-state index is 0.0924. The lowest BCUT2D eigenvalue weighted by Gasteiger charge is -2.07. The van der Waals surface area contributed by atoms with Crippen LogP contribution in [-0.2, 0) is 17.8 Å². The maximum atomic E-state index is 11.7. The molecule has 3 rings (SSSR count). The molecule has 2 heterocycles. The number of rotatable bonds is 6. The number of aryl methyl sites for hydroxylation is 1. The minimum absolute atomic E-state index is 0.0924. The summed E-state index contributed by atoms with van der Waals surface area (Å²) < 4.78 is 1.81. The molecule has 6 nitrogen and oxygen atoms in total. The van der Waals surface area contributed by atoms with E-state index >= 15 is 0 Å². The van der Waals surface area contributed by atoms with E-state index in [2.05, 4.69) is 20.6 Å². The van der Waals surface area contributed by atoms with Gasteiger partial charge < -0.3 is 5.32 Å². The number of amides is 1. The first-order valence-electron chi connectivity index (χ1n) is 8.14. The molecule has 0 aliphatic rings. The highest BCUT2D eigenvalue weighted by Gasteiger charge is 2.11. The third kappa shape index (κ3) is 3.62. The van der Waals surface area contributed by atoms with Gasteiger partial charge in [-0.25, -0.2) is 0 Å². The van der Waals surface area contributed by atoms with E-state index in [1.54, 1.807) is 4.52 Å². The zero-order valence-corrected chi connectivity index (χ0v) is 14.9. The third-order valence-electron chi connectivity index (χ3n) is 3.66. The molecular weight excluding hydrogens is 322 g/mol. The number of hydrogen-bond acceptors (Lipinski definition) is 5. The standard InChI is InChI=1S/C17H21N5OS/c1-4-14-19-20-17-22(14)21-16(24-17)13-7-5-12(6-8-13)10-18-15(23)9-11(2)3/h5-8,11H,4,9-10H2,1-3H3,(H,18,23). The van der Waals surface area contributed by atoms with Crippen LogP contribution in [0.15, 0.2) is 24.3 Å². The fourth-order valence-electron chi connectivity index (χ4n) is 2.40. The van der Waals surface area contributed by atoms with Crippen LogP contribution in [0.3, 0.4) is 0 Å². The molecule has 0 saturated heterocycles. The van der Waals surface area contributed by atoms with Crippen LogP contribution in [0.25, 0.3) is 15.5 Å². The van der Waals surface area contributed by atoms with Crippen molar-refractivity contribution in [2.24, 2.45) is 5.92 Å². The summed E-state index contributed by atoms with van der Waals surface area (Å²) in [6.45, 7) is 6.67. The summed E-state index contributed by atoms with van der Waals surface area (Å²) in [4.78, 5) is 12.5. The Hall–Kier alpha value is -2.28. The van der Waals surface area contributed by atoms with Gasteiger partial charge in [-0.05, 0) is 11.5 Å². The Labute approximate surface area is 144 Å². The SMILES string of the molecule is CCc1nnc2sc(-c3ccc(CNC(=O)CC(C)C)cc3)nn12. The highest BCUT2D eigenvalue weighted by molar-refractivity contribution is 7.19. The number of carbonyl (C=O) groups excluding carboxylic acids is 1. The molecule has 0 spiro atoms. The Balaban J connectivity index is 1.69. The number of hydrogen-bond donors (Lipinski definition) is 1. The number of fused-ring (bicyclic) bond motifs is 1. The fourth-order valence-corrected chi connectivity index (χ4v) is 3.27. The molecule has 0 fully saturated rings. The lowest BCUT2D eigenvalue weighted by molar-refractivity contribution is -0.121. The normalized spacial score (nSPS) is 11.3. The molecule has 2 aromatic heterocycles. The van der Waals surface area contributed by atoms with Gasteiger partial charge in [-0.3, -0.25) is 4.79 Å². The van der Waals surface area contributed by atoms with E-state index in [-0.39, 0.29) is 5.91 Å². The predicted octanol–water partition coefficient (Wildman–Crippen LogP) is 3.08. The average molecular weight is 343 g/mol. The summed E-state index contributed by atoms with van der Waals surface area (Å²) in [5, 5.41) is 16.7. The third-order valence-corrected chi connectivity index (χ3v) is 4.60. The number of benzene rings is 1. The molecule has 0 unspecified atom stereocenters. The van der Waals surface area contributed by atoms with E-state index in [1.807, 2.05) is 45.0 Å². The number of nitrogens with one attached hydrogen (secondary N) is 1. The summed E-state index contributed by atoms with van der Waals surface area (Å²) in [6.07, 6.45) is 1.37. The van der Waals surface area contributed by atoms with Gasteiger partial charge >= 0.3 is 0 Å². The van der Waals surface area contributed by atoms with Crippen molar-refractivity contribution in [2.75, 3.05) is 0 Å². The van der Waals surface area contributed by atoms with Crippen molar-refractivity contribution in [1.82, 2.24) is 25.1 Å². The summed E-state index contributed by atoms with van der Waals surface area (Å²) in [5.41, 5.74) is 2.12. The van der Waals surface area contributed by atoms with Crippen LogP contribution in [0.1, 0.15) is 38.6 Å². The van der Waals surface area contributed by atoms with Crippen molar-refractivity contribution in [3.63, 3.8) is 0 Å². The van der Waals surface area contributed by atoms with Gasteiger partial charge in [-0.2, -0.15) is 9.61 Å². The second-order valence-electron chi connectivity index (χ2n) is 6.14. The van der Waals surface area contributed by atoms with Crippen molar-refractivity contribution >= 4 is 22.2 Å². The quantitative estimate of drug-likeness (QED) is 0.746. The van der Waals surface area contributed by atoms with Crippen LogP contribution in [-0.4, -0.2) is 25.7 Å². The fraction of sp³-hybridized carbons (Fsp3) is 0.412. The molecule has 0 bridgehead atoms. The summed E-state index contributed by atoms with van der Waals surface area (Å²) in [5.74, 6) is 1.34. The minimum Gasteiger partial charge on any atom is -0.352 e. The highest BCUT2D eigenvalue weighted by Crippen LogP contribution is 2.25. The topological polar surface area (TPSA) is 72.2 Å². The second-order valence-corrected chi connectivity index (χ2v) is 7.10. The molecular formula is C17H21N5OS. The largest absolute Gasteiger partial charge is 0.352 e. The molecule has 3 aromatic rings. The lowest BCUT2D eigenvalue weighted by Crippen LogP contribution is -2.23. The van der Waals surface area contributed by atoms with Gasteiger partial charge in [-0.1, -0.05) is 56.4 Å². The van der Waals surface area contributed by atoms with Crippen LogP contribution in [0.2, 0.25) is 0 Å². The Morgan fingerprint density at radius 3 is 2.67 bits per heavy atom. The molecule has 1 amide bonds. The Bertz CT molecular complexity index is 834. The molecule has 0 aliphatic heterocycles. The molecule has 0 atom stereocenters. The van der Waals surface area contributed by atoms with Crippen molar-refractivity contribution < 1.29 is 4.79 Å². The van der Waals surface area contributed by atoms with E-state index in [0.29, 0.717) is 18.9 Å². The Morgan fingerprint density at radius 1 is 1.25 bits per heavy atom. The van der Waals surface area contributed by atoms with Gasteiger partial charge in [-0.15, -0.1) is 10.2 Å². The lowest BCUT2D eigenvalue weighted by atomic mass is 10.1. The summed E-state index contributed by atoms with van der Waals surface area (Å²) in [7, 11) is 0.